The summed E-state index contributed by atoms with van der Waals surface area (Å²) in [5.74, 6) is 1.58. The van der Waals surface area contributed by atoms with Gasteiger partial charge in [0, 0.05) is 0 Å². The number of hydrogen-bond donors (Lipinski definition) is 0. The first-order valence-corrected chi connectivity index (χ1v) is 5.53. The van der Waals surface area contributed by atoms with Gasteiger partial charge in [-0.1, -0.05) is 38.6 Å². The Kier molecular flexibility index (Phi) is 4.41. The topological polar surface area (TPSA) is 9.23 Å². The molecule has 0 fully saturated rings. The summed E-state index contributed by atoms with van der Waals surface area (Å²) in [6.07, 6.45) is 2.94. The molecule has 0 heterocycles. The van der Waals surface area contributed by atoms with E-state index in [4.69, 9.17) is 4.74 Å². The Morgan fingerprint density at radius 3 is 2.73 bits per heavy atom. The van der Waals surface area contributed by atoms with E-state index in [1.54, 1.807) is 6.08 Å². The number of rotatable bonds is 5. The fourth-order valence-electron chi connectivity index (χ4n) is 1.53. The standard InChI is InChI=1S/C14H20O/c1-5-9-15-14-8-7-13(10-12(14)4)11(3)6-2/h5,7-8,10-11H,1,6,9H2,2-4H3. The second kappa shape index (κ2) is 5.59. The molecule has 0 aliphatic rings. The van der Waals surface area contributed by atoms with E-state index in [0.29, 0.717) is 12.5 Å². The van der Waals surface area contributed by atoms with Crippen molar-refractivity contribution in [3.05, 3.63) is 42.0 Å². The van der Waals surface area contributed by atoms with Gasteiger partial charge in [0.2, 0.25) is 0 Å². The Balaban J connectivity index is 2.82. The lowest BCUT2D eigenvalue weighted by Gasteiger charge is -2.12. The average Bonchev–Trinajstić information content (AvgIpc) is 2.26. The van der Waals surface area contributed by atoms with E-state index in [1.807, 2.05) is 0 Å². The first-order valence-electron chi connectivity index (χ1n) is 5.53. The molecule has 0 bridgehead atoms. The Morgan fingerprint density at radius 1 is 1.47 bits per heavy atom. The van der Waals surface area contributed by atoms with Crippen molar-refractivity contribution in [1.82, 2.24) is 0 Å². The minimum absolute atomic E-state index is 0.573. The highest BCUT2D eigenvalue weighted by molar-refractivity contribution is 5.37. The van der Waals surface area contributed by atoms with Gasteiger partial charge in [0.1, 0.15) is 12.4 Å². The zero-order valence-electron chi connectivity index (χ0n) is 9.92. The fraction of sp³-hybridized carbons (Fsp3) is 0.429. The molecule has 1 unspecified atom stereocenters. The molecule has 1 aromatic rings. The van der Waals surface area contributed by atoms with E-state index < -0.39 is 0 Å². The van der Waals surface area contributed by atoms with Crippen LogP contribution in [-0.2, 0) is 0 Å². The van der Waals surface area contributed by atoms with Crippen LogP contribution in [-0.4, -0.2) is 6.61 Å². The van der Waals surface area contributed by atoms with Crippen molar-refractivity contribution < 1.29 is 4.74 Å². The molecule has 82 valence electrons. The average molecular weight is 204 g/mol. The molecule has 0 saturated carbocycles. The third kappa shape index (κ3) is 3.12. The van der Waals surface area contributed by atoms with Gasteiger partial charge in [-0.3, -0.25) is 0 Å². The number of hydrogen-bond acceptors (Lipinski definition) is 1. The second-order valence-corrected chi connectivity index (χ2v) is 3.93. The van der Waals surface area contributed by atoms with Crippen LogP contribution in [0.5, 0.6) is 5.75 Å². The monoisotopic (exact) mass is 204 g/mol. The summed E-state index contributed by atoms with van der Waals surface area (Å²) in [6.45, 7) is 10.8. The van der Waals surface area contributed by atoms with E-state index >= 15 is 0 Å². The van der Waals surface area contributed by atoms with E-state index in [2.05, 4.69) is 45.5 Å². The van der Waals surface area contributed by atoms with Gasteiger partial charge in [-0.15, -0.1) is 0 Å². The lowest BCUT2D eigenvalue weighted by atomic mass is 9.97. The van der Waals surface area contributed by atoms with Gasteiger partial charge in [0.15, 0.2) is 0 Å². The molecule has 0 aliphatic heterocycles. The molecule has 1 nitrogen and oxygen atoms in total. The van der Waals surface area contributed by atoms with Gasteiger partial charge in [0.25, 0.3) is 0 Å². The van der Waals surface area contributed by atoms with Gasteiger partial charge in [0.05, 0.1) is 0 Å². The molecule has 0 N–H and O–H groups in total. The minimum atomic E-state index is 0.573. The van der Waals surface area contributed by atoms with Gasteiger partial charge in [-0.2, -0.15) is 0 Å². The molecular weight excluding hydrogens is 184 g/mol. The van der Waals surface area contributed by atoms with E-state index in [1.165, 1.54) is 17.5 Å². The van der Waals surface area contributed by atoms with E-state index in [9.17, 15) is 0 Å². The highest BCUT2D eigenvalue weighted by Gasteiger charge is 2.05. The maximum Gasteiger partial charge on any atom is 0.122 e. The summed E-state index contributed by atoms with van der Waals surface area (Å²) < 4.78 is 5.54. The Labute approximate surface area is 92.8 Å². The third-order valence-electron chi connectivity index (χ3n) is 2.74. The van der Waals surface area contributed by atoms with Crippen LogP contribution < -0.4 is 4.74 Å². The molecule has 15 heavy (non-hydrogen) atoms. The molecule has 0 saturated heterocycles. The van der Waals surface area contributed by atoms with Crippen LogP contribution in [0.25, 0.3) is 0 Å². The normalized spacial score (nSPS) is 12.2. The molecule has 0 spiro atoms. The Bertz CT molecular complexity index is 328. The highest BCUT2D eigenvalue weighted by Crippen LogP contribution is 2.25. The summed E-state index contributed by atoms with van der Waals surface area (Å²) in [4.78, 5) is 0. The van der Waals surface area contributed by atoms with Gasteiger partial charge >= 0.3 is 0 Å². The SMILES string of the molecule is C=CCOc1ccc(C(C)CC)cc1C. The molecule has 0 aliphatic carbocycles. The molecule has 1 heteroatoms. The van der Waals surface area contributed by atoms with Crippen molar-refractivity contribution in [3.63, 3.8) is 0 Å². The van der Waals surface area contributed by atoms with Gasteiger partial charge in [-0.05, 0) is 36.5 Å². The first-order chi connectivity index (χ1) is 7.19. The highest BCUT2D eigenvalue weighted by atomic mass is 16.5. The second-order valence-electron chi connectivity index (χ2n) is 3.93. The largest absolute Gasteiger partial charge is 0.489 e. The van der Waals surface area contributed by atoms with Crippen molar-refractivity contribution in [2.24, 2.45) is 0 Å². The Hall–Kier alpha value is -1.24. The minimum Gasteiger partial charge on any atom is -0.489 e. The molecule has 0 aromatic heterocycles. The molecule has 0 radical (unpaired) electrons. The van der Waals surface area contributed by atoms with Crippen LogP contribution >= 0.6 is 0 Å². The summed E-state index contributed by atoms with van der Waals surface area (Å²) in [5, 5.41) is 0. The summed E-state index contributed by atoms with van der Waals surface area (Å²) in [5.41, 5.74) is 2.59. The molecule has 0 amide bonds. The Morgan fingerprint density at radius 2 is 2.20 bits per heavy atom. The predicted octanol–water partition coefficient (Wildman–Crippen LogP) is 4.07. The fourth-order valence-corrected chi connectivity index (χ4v) is 1.53. The summed E-state index contributed by atoms with van der Waals surface area (Å²) >= 11 is 0. The van der Waals surface area contributed by atoms with E-state index in [0.717, 1.165) is 5.75 Å². The van der Waals surface area contributed by atoms with Crippen LogP contribution in [0, 0.1) is 6.92 Å². The van der Waals surface area contributed by atoms with Crippen molar-refractivity contribution in [1.29, 1.82) is 0 Å². The first kappa shape index (κ1) is 11.8. The quantitative estimate of drug-likeness (QED) is 0.657. The number of ether oxygens (including phenoxy) is 1. The van der Waals surface area contributed by atoms with Crippen LogP contribution in [0.2, 0.25) is 0 Å². The zero-order chi connectivity index (χ0) is 11.3. The van der Waals surface area contributed by atoms with Crippen molar-refractivity contribution in [3.8, 4) is 5.75 Å². The van der Waals surface area contributed by atoms with Crippen molar-refractivity contribution in [2.75, 3.05) is 6.61 Å². The zero-order valence-corrected chi connectivity index (χ0v) is 9.92. The lowest BCUT2D eigenvalue weighted by Crippen LogP contribution is -1.97. The molecular formula is C14H20O. The summed E-state index contributed by atoms with van der Waals surface area (Å²) in [6, 6.07) is 6.42. The number of aryl methyl sites for hydroxylation is 1. The molecule has 1 rings (SSSR count). The maximum atomic E-state index is 5.54. The summed E-state index contributed by atoms with van der Waals surface area (Å²) in [7, 11) is 0. The smallest absolute Gasteiger partial charge is 0.122 e. The number of benzene rings is 1. The van der Waals surface area contributed by atoms with Crippen LogP contribution in [0.3, 0.4) is 0 Å². The predicted molar refractivity (Wildman–Crippen MR) is 65.6 cm³/mol. The van der Waals surface area contributed by atoms with E-state index in [-0.39, 0.29) is 0 Å². The lowest BCUT2D eigenvalue weighted by molar-refractivity contribution is 0.360. The van der Waals surface area contributed by atoms with Crippen molar-refractivity contribution in [2.45, 2.75) is 33.1 Å². The maximum absolute atomic E-state index is 5.54. The molecule has 1 atom stereocenters. The van der Waals surface area contributed by atoms with Crippen LogP contribution in [0.1, 0.15) is 37.3 Å². The van der Waals surface area contributed by atoms with Crippen LogP contribution in [0.15, 0.2) is 30.9 Å². The van der Waals surface area contributed by atoms with Gasteiger partial charge < -0.3 is 4.74 Å². The van der Waals surface area contributed by atoms with Crippen LogP contribution in [0.4, 0.5) is 0 Å². The third-order valence-corrected chi connectivity index (χ3v) is 2.74. The molecule has 1 aromatic carbocycles. The van der Waals surface area contributed by atoms with Crippen molar-refractivity contribution >= 4 is 0 Å². The van der Waals surface area contributed by atoms with Gasteiger partial charge in [-0.25, -0.2) is 0 Å².